The Labute approximate surface area is 153 Å². The van der Waals surface area contributed by atoms with Crippen molar-refractivity contribution in [2.24, 2.45) is 7.05 Å². The van der Waals surface area contributed by atoms with E-state index in [9.17, 15) is 18.0 Å². The van der Waals surface area contributed by atoms with E-state index in [1.807, 2.05) is 0 Å². The fraction of sp³-hybridized carbons (Fsp3) is 0.158. The van der Waals surface area contributed by atoms with Gasteiger partial charge in [0, 0.05) is 19.4 Å². The lowest BCUT2D eigenvalue weighted by molar-refractivity contribution is -0.0501. The number of ether oxygens (including phenoxy) is 1. The van der Waals surface area contributed by atoms with E-state index in [1.54, 1.807) is 30.1 Å². The van der Waals surface area contributed by atoms with E-state index >= 15 is 0 Å². The Bertz CT molecular complexity index is 943. The highest BCUT2D eigenvalue weighted by Crippen LogP contribution is 2.25. The fourth-order valence-electron chi connectivity index (χ4n) is 2.70. The molecule has 1 atom stereocenters. The predicted molar refractivity (Wildman–Crippen MR) is 92.0 cm³/mol. The highest BCUT2D eigenvalue weighted by molar-refractivity contribution is 5.97. The molecule has 1 amide bonds. The highest BCUT2D eigenvalue weighted by atomic mass is 19.3. The van der Waals surface area contributed by atoms with Gasteiger partial charge in [-0.05, 0) is 29.8 Å². The number of nitrogens with zero attached hydrogens (tertiary/aromatic N) is 2. The molecule has 1 heterocycles. The number of carbonyl (C=O) groups is 1. The normalized spacial score (nSPS) is 12.0. The van der Waals surface area contributed by atoms with Gasteiger partial charge in [-0.1, -0.05) is 24.3 Å². The predicted octanol–water partition coefficient (Wildman–Crippen LogP) is 3.68. The number of benzene rings is 2. The second-order valence-corrected chi connectivity index (χ2v) is 5.73. The van der Waals surface area contributed by atoms with Crippen LogP contribution in [-0.2, 0) is 7.05 Å². The molecule has 5 nitrogen and oxygen atoms in total. The van der Waals surface area contributed by atoms with Gasteiger partial charge >= 0.3 is 6.61 Å². The zero-order valence-corrected chi connectivity index (χ0v) is 14.3. The lowest BCUT2D eigenvalue weighted by Crippen LogP contribution is -2.31. The number of nitrogens with one attached hydrogen (secondary N) is 1. The quantitative estimate of drug-likeness (QED) is 0.715. The number of imidazole rings is 1. The van der Waals surface area contributed by atoms with Crippen LogP contribution in [0.5, 0.6) is 5.75 Å². The lowest BCUT2D eigenvalue weighted by Gasteiger charge is -2.20. The summed E-state index contributed by atoms with van der Waals surface area (Å²) in [5, 5.41) is 2.72. The van der Waals surface area contributed by atoms with Crippen molar-refractivity contribution in [3.8, 4) is 5.75 Å². The maximum atomic E-state index is 13.7. The molecule has 0 aliphatic carbocycles. The molecule has 0 radical (unpaired) electrons. The summed E-state index contributed by atoms with van der Waals surface area (Å²) in [5.41, 5.74) is 0.401. The molecule has 0 saturated heterocycles. The van der Waals surface area contributed by atoms with Crippen LogP contribution in [0.4, 0.5) is 13.2 Å². The molecule has 0 aliphatic rings. The molecule has 2 aromatic carbocycles. The molecule has 3 aromatic rings. The molecule has 8 heteroatoms. The van der Waals surface area contributed by atoms with Gasteiger partial charge in [-0.2, -0.15) is 8.78 Å². The second kappa shape index (κ2) is 7.94. The first-order chi connectivity index (χ1) is 13.0. The van der Waals surface area contributed by atoms with Gasteiger partial charge < -0.3 is 14.6 Å². The number of alkyl halides is 2. The van der Waals surface area contributed by atoms with Gasteiger partial charge in [0.2, 0.25) is 0 Å². The number of hydrogen-bond acceptors (Lipinski definition) is 3. The molecule has 0 bridgehead atoms. The average molecular weight is 375 g/mol. The Balaban J connectivity index is 1.96. The Kier molecular flexibility index (Phi) is 5.44. The lowest BCUT2D eigenvalue weighted by atomic mass is 10.0. The van der Waals surface area contributed by atoms with Gasteiger partial charge in [-0.15, -0.1) is 0 Å². The molecule has 0 aliphatic heterocycles. The number of rotatable bonds is 6. The monoisotopic (exact) mass is 375 g/mol. The fourth-order valence-corrected chi connectivity index (χ4v) is 2.70. The molecule has 140 valence electrons. The summed E-state index contributed by atoms with van der Waals surface area (Å²) < 4.78 is 45.0. The van der Waals surface area contributed by atoms with Crippen molar-refractivity contribution in [3.05, 3.63) is 83.7 Å². The zero-order valence-electron chi connectivity index (χ0n) is 14.3. The first kappa shape index (κ1) is 18.5. The minimum Gasteiger partial charge on any atom is -0.434 e. The summed E-state index contributed by atoms with van der Waals surface area (Å²) >= 11 is 0. The molecule has 1 aromatic heterocycles. The third-order valence-electron chi connectivity index (χ3n) is 3.92. The maximum Gasteiger partial charge on any atom is 0.387 e. The summed E-state index contributed by atoms with van der Waals surface area (Å²) in [7, 11) is 1.73. The molecule has 1 N–H and O–H groups in total. The van der Waals surface area contributed by atoms with E-state index in [1.165, 1.54) is 42.5 Å². The molecule has 0 spiro atoms. The molecule has 0 fully saturated rings. The van der Waals surface area contributed by atoms with E-state index in [2.05, 4.69) is 15.0 Å². The summed E-state index contributed by atoms with van der Waals surface area (Å²) in [6, 6.07) is 10.6. The third-order valence-corrected chi connectivity index (χ3v) is 3.92. The van der Waals surface area contributed by atoms with Crippen LogP contribution in [0.1, 0.15) is 27.8 Å². The number of amides is 1. The van der Waals surface area contributed by atoms with E-state index in [4.69, 9.17) is 0 Å². The number of hydrogen-bond donors (Lipinski definition) is 1. The Morgan fingerprint density at radius 2 is 1.96 bits per heavy atom. The van der Waals surface area contributed by atoms with E-state index in [-0.39, 0.29) is 11.3 Å². The standard InChI is InChI=1S/C19H16F3N3O2/c1-25-10-9-23-17(25)16(12-5-4-6-13(20)11-12)24-18(26)14-7-2-3-8-15(14)27-19(21)22/h2-11,16,19H,1H3,(H,24,26). The summed E-state index contributed by atoms with van der Waals surface area (Å²) in [6.45, 7) is -3.06. The minimum absolute atomic E-state index is 0.0617. The maximum absolute atomic E-state index is 13.7. The Hall–Kier alpha value is -3.29. The first-order valence-corrected chi connectivity index (χ1v) is 8.03. The molecular formula is C19H16F3N3O2. The van der Waals surface area contributed by atoms with E-state index in [0.29, 0.717) is 11.4 Å². The van der Waals surface area contributed by atoms with Crippen LogP contribution in [0.25, 0.3) is 0 Å². The number of halogens is 3. The van der Waals surface area contributed by atoms with Gasteiger partial charge in [-0.3, -0.25) is 4.79 Å². The van der Waals surface area contributed by atoms with Crippen molar-refractivity contribution in [1.82, 2.24) is 14.9 Å². The second-order valence-electron chi connectivity index (χ2n) is 5.73. The van der Waals surface area contributed by atoms with Crippen molar-refractivity contribution >= 4 is 5.91 Å². The largest absolute Gasteiger partial charge is 0.434 e. The summed E-state index contributed by atoms with van der Waals surface area (Å²) in [6.07, 6.45) is 3.23. The smallest absolute Gasteiger partial charge is 0.387 e. The SMILES string of the molecule is Cn1ccnc1C(NC(=O)c1ccccc1OC(F)F)c1cccc(F)c1. The van der Waals surface area contributed by atoms with Crippen LogP contribution in [0.2, 0.25) is 0 Å². The Morgan fingerprint density at radius 3 is 2.63 bits per heavy atom. The molecule has 1 unspecified atom stereocenters. The zero-order chi connectivity index (χ0) is 19.4. The number of aromatic nitrogens is 2. The first-order valence-electron chi connectivity index (χ1n) is 8.03. The van der Waals surface area contributed by atoms with Crippen LogP contribution in [0, 0.1) is 5.82 Å². The van der Waals surface area contributed by atoms with E-state index < -0.39 is 24.4 Å². The van der Waals surface area contributed by atoms with Gasteiger partial charge in [0.1, 0.15) is 23.4 Å². The van der Waals surface area contributed by atoms with Gasteiger partial charge in [-0.25, -0.2) is 9.37 Å². The van der Waals surface area contributed by atoms with Crippen LogP contribution in [0.15, 0.2) is 60.9 Å². The van der Waals surface area contributed by atoms with Crippen molar-refractivity contribution < 1.29 is 22.7 Å². The number of carbonyl (C=O) groups excluding carboxylic acids is 1. The minimum atomic E-state index is -3.06. The van der Waals surface area contributed by atoms with Gasteiger partial charge in [0.25, 0.3) is 5.91 Å². The molecule has 0 saturated carbocycles. The van der Waals surface area contributed by atoms with Crippen LogP contribution >= 0.6 is 0 Å². The number of aryl methyl sites for hydroxylation is 1. The molecule has 3 rings (SSSR count). The molecular weight excluding hydrogens is 359 g/mol. The van der Waals surface area contributed by atoms with Crippen molar-refractivity contribution in [3.63, 3.8) is 0 Å². The topological polar surface area (TPSA) is 56.2 Å². The average Bonchev–Trinajstić information content (AvgIpc) is 3.05. The van der Waals surface area contributed by atoms with Gasteiger partial charge in [0.15, 0.2) is 0 Å². The van der Waals surface area contributed by atoms with E-state index in [0.717, 1.165) is 0 Å². The summed E-state index contributed by atoms with van der Waals surface area (Å²) in [4.78, 5) is 17.0. The van der Waals surface area contributed by atoms with Crippen LogP contribution in [-0.4, -0.2) is 22.1 Å². The van der Waals surface area contributed by atoms with Crippen LogP contribution in [0.3, 0.4) is 0 Å². The van der Waals surface area contributed by atoms with Crippen molar-refractivity contribution in [2.45, 2.75) is 12.7 Å². The van der Waals surface area contributed by atoms with Crippen LogP contribution < -0.4 is 10.1 Å². The van der Waals surface area contributed by atoms with Gasteiger partial charge in [0.05, 0.1) is 5.56 Å². The highest BCUT2D eigenvalue weighted by Gasteiger charge is 2.24. The number of para-hydroxylation sites is 1. The van der Waals surface area contributed by atoms with Crippen molar-refractivity contribution in [1.29, 1.82) is 0 Å². The van der Waals surface area contributed by atoms with Crippen molar-refractivity contribution in [2.75, 3.05) is 0 Å². The Morgan fingerprint density at radius 1 is 1.19 bits per heavy atom. The summed E-state index contributed by atoms with van der Waals surface area (Å²) in [5.74, 6) is -0.907. The molecule has 27 heavy (non-hydrogen) atoms. The third kappa shape index (κ3) is 4.28.